The van der Waals surface area contributed by atoms with E-state index < -0.39 is 0 Å². The van der Waals surface area contributed by atoms with Gasteiger partial charge in [-0.15, -0.1) is 0 Å². The molecule has 2 rings (SSSR count). The second kappa shape index (κ2) is 4.71. The standard InChI is InChI=1S/C11H14ClN5/c1-4-13-11-14-5-7(2)10(15-11)17-6-9(12)8(3)16-17/h5-6H,4H2,1-3H3,(H,13,14,15). The van der Waals surface area contributed by atoms with Crippen LogP contribution in [0.25, 0.3) is 5.82 Å². The number of aromatic nitrogens is 4. The molecular weight excluding hydrogens is 238 g/mol. The number of hydrogen-bond acceptors (Lipinski definition) is 4. The van der Waals surface area contributed by atoms with E-state index in [9.17, 15) is 0 Å². The molecule has 6 heteroatoms. The lowest BCUT2D eigenvalue weighted by Gasteiger charge is -2.07. The summed E-state index contributed by atoms with van der Waals surface area (Å²) in [5.41, 5.74) is 1.74. The molecule has 0 bridgehead atoms. The molecule has 1 N–H and O–H groups in total. The molecule has 2 aromatic heterocycles. The minimum Gasteiger partial charge on any atom is -0.354 e. The molecule has 0 amide bonds. The lowest BCUT2D eigenvalue weighted by molar-refractivity contribution is 0.817. The van der Waals surface area contributed by atoms with E-state index >= 15 is 0 Å². The Morgan fingerprint density at radius 3 is 2.76 bits per heavy atom. The number of rotatable bonds is 3. The van der Waals surface area contributed by atoms with Crippen molar-refractivity contribution < 1.29 is 0 Å². The number of nitrogens with zero attached hydrogens (tertiary/aromatic N) is 4. The summed E-state index contributed by atoms with van der Waals surface area (Å²) in [5, 5.41) is 8.01. The predicted octanol–water partition coefficient (Wildman–Crippen LogP) is 2.36. The molecule has 2 heterocycles. The fourth-order valence-electron chi connectivity index (χ4n) is 1.46. The smallest absolute Gasteiger partial charge is 0.224 e. The summed E-state index contributed by atoms with van der Waals surface area (Å²) in [6.07, 6.45) is 3.52. The third-order valence-corrected chi connectivity index (χ3v) is 2.71. The van der Waals surface area contributed by atoms with Gasteiger partial charge in [0.15, 0.2) is 5.82 Å². The van der Waals surface area contributed by atoms with Gasteiger partial charge >= 0.3 is 0 Å². The van der Waals surface area contributed by atoms with Crippen molar-refractivity contribution in [2.24, 2.45) is 0 Å². The summed E-state index contributed by atoms with van der Waals surface area (Å²) >= 11 is 5.99. The SMILES string of the molecule is CCNc1ncc(C)c(-n2cc(Cl)c(C)n2)n1. The molecule has 0 unspecified atom stereocenters. The largest absolute Gasteiger partial charge is 0.354 e. The first kappa shape index (κ1) is 11.9. The fraction of sp³-hybridized carbons (Fsp3) is 0.364. The topological polar surface area (TPSA) is 55.6 Å². The van der Waals surface area contributed by atoms with Crippen LogP contribution in [-0.4, -0.2) is 26.3 Å². The fourth-order valence-corrected chi connectivity index (χ4v) is 1.59. The normalized spacial score (nSPS) is 10.6. The molecule has 0 fully saturated rings. The summed E-state index contributed by atoms with van der Waals surface area (Å²) in [4.78, 5) is 8.59. The Balaban J connectivity index is 2.46. The van der Waals surface area contributed by atoms with Crippen molar-refractivity contribution >= 4 is 17.5 Å². The first-order valence-corrected chi connectivity index (χ1v) is 5.79. The van der Waals surface area contributed by atoms with Gasteiger partial charge in [-0.25, -0.2) is 9.67 Å². The Labute approximate surface area is 105 Å². The number of hydrogen-bond donors (Lipinski definition) is 1. The summed E-state index contributed by atoms with van der Waals surface area (Å²) < 4.78 is 1.68. The summed E-state index contributed by atoms with van der Waals surface area (Å²) in [7, 11) is 0. The first-order chi connectivity index (χ1) is 8.11. The Morgan fingerprint density at radius 2 is 2.18 bits per heavy atom. The Bertz CT molecular complexity index is 515. The van der Waals surface area contributed by atoms with Gasteiger partial charge in [0, 0.05) is 18.3 Å². The van der Waals surface area contributed by atoms with Crippen LogP contribution in [0.5, 0.6) is 0 Å². The maximum atomic E-state index is 5.99. The van der Waals surface area contributed by atoms with Gasteiger partial charge in [0.25, 0.3) is 0 Å². The third-order valence-electron chi connectivity index (χ3n) is 2.34. The summed E-state index contributed by atoms with van der Waals surface area (Å²) in [6, 6.07) is 0. The van der Waals surface area contributed by atoms with Crippen LogP contribution >= 0.6 is 11.6 Å². The average molecular weight is 252 g/mol. The van der Waals surface area contributed by atoms with Crippen LogP contribution in [0.1, 0.15) is 18.2 Å². The lowest BCUT2D eigenvalue weighted by atomic mass is 10.3. The quantitative estimate of drug-likeness (QED) is 0.910. The van der Waals surface area contributed by atoms with Crippen LogP contribution in [0.15, 0.2) is 12.4 Å². The van der Waals surface area contributed by atoms with Crippen LogP contribution in [-0.2, 0) is 0 Å². The molecule has 2 aromatic rings. The maximum Gasteiger partial charge on any atom is 0.224 e. The van der Waals surface area contributed by atoms with Crippen LogP contribution < -0.4 is 5.32 Å². The molecule has 0 saturated carbocycles. The van der Waals surface area contributed by atoms with E-state index in [2.05, 4.69) is 20.4 Å². The molecule has 0 aliphatic heterocycles. The van der Waals surface area contributed by atoms with E-state index in [0.717, 1.165) is 23.6 Å². The molecule has 0 spiro atoms. The second-order valence-electron chi connectivity index (χ2n) is 3.74. The van der Waals surface area contributed by atoms with Gasteiger partial charge < -0.3 is 5.32 Å². The van der Waals surface area contributed by atoms with Gasteiger partial charge in [0.2, 0.25) is 5.95 Å². The van der Waals surface area contributed by atoms with Gasteiger partial charge in [-0.3, -0.25) is 0 Å². The van der Waals surface area contributed by atoms with Crippen molar-refractivity contribution in [3.63, 3.8) is 0 Å². The zero-order chi connectivity index (χ0) is 12.4. The molecule has 0 saturated heterocycles. The molecule has 0 aliphatic carbocycles. The minimum absolute atomic E-state index is 0.595. The van der Waals surface area contributed by atoms with Gasteiger partial charge in [-0.05, 0) is 20.8 Å². The molecule has 0 aromatic carbocycles. The van der Waals surface area contributed by atoms with Crippen LogP contribution in [0.4, 0.5) is 5.95 Å². The van der Waals surface area contributed by atoms with Crippen molar-refractivity contribution in [1.82, 2.24) is 19.7 Å². The molecule has 90 valence electrons. The summed E-state index contributed by atoms with van der Waals surface area (Å²) in [6.45, 7) is 6.58. The van der Waals surface area contributed by atoms with Gasteiger partial charge in [0.05, 0.1) is 16.9 Å². The number of halogens is 1. The van der Waals surface area contributed by atoms with Crippen molar-refractivity contribution in [3.8, 4) is 5.82 Å². The van der Waals surface area contributed by atoms with Gasteiger partial charge in [-0.2, -0.15) is 10.1 Å². The maximum absolute atomic E-state index is 5.99. The zero-order valence-electron chi connectivity index (χ0n) is 10.0. The molecule has 0 atom stereocenters. The van der Waals surface area contributed by atoms with Crippen LogP contribution in [0.3, 0.4) is 0 Å². The van der Waals surface area contributed by atoms with Gasteiger partial charge in [0.1, 0.15) is 0 Å². The molecule has 0 aliphatic rings. The Morgan fingerprint density at radius 1 is 1.41 bits per heavy atom. The highest BCUT2D eigenvalue weighted by molar-refractivity contribution is 6.31. The zero-order valence-corrected chi connectivity index (χ0v) is 10.8. The van der Waals surface area contributed by atoms with Gasteiger partial charge in [-0.1, -0.05) is 11.6 Å². The van der Waals surface area contributed by atoms with Crippen molar-refractivity contribution in [1.29, 1.82) is 0 Å². The monoisotopic (exact) mass is 251 g/mol. The lowest BCUT2D eigenvalue weighted by Crippen LogP contribution is -2.08. The first-order valence-electron chi connectivity index (χ1n) is 5.41. The molecule has 0 radical (unpaired) electrons. The van der Waals surface area contributed by atoms with E-state index in [1.807, 2.05) is 20.8 Å². The van der Waals surface area contributed by atoms with E-state index in [1.54, 1.807) is 17.1 Å². The number of aryl methyl sites for hydroxylation is 2. The van der Waals surface area contributed by atoms with Crippen molar-refractivity contribution in [3.05, 3.63) is 28.7 Å². The second-order valence-corrected chi connectivity index (χ2v) is 4.14. The number of anilines is 1. The van der Waals surface area contributed by atoms with E-state index in [1.165, 1.54) is 0 Å². The number of nitrogens with one attached hydrogen (secondary N) is 1. The van der Waals surface area contributed by atoms with Crippen molar-refractivity contribution in [2.45, 2.75) is 20.8 Å². The van der Waals surface area contributed by atoms with E-state index in [4.69, 9.17) is 11.6 Å². The van der Waals surface area contributed by atoms with Crippen LogP contribution in [0.2, 0.25) is 5.02 Å². The molecular formula is C11H14ClN5. The van der Waals surface area contributed by atoms with E-state index in [0.29, 0.717) is 11.0 Å². The Hall–Kier alpha value is -1.62. The van der Waals surface area contributed by atoms with E-state index in [-0.39, 0.29) is 0 Å². The summed E-state index contributed by atoms with van der Waals surface area (Å²) in [5.74, 6) is 1.34. The van der Waals surface area contributed by atoms with Crippen molar-refractivity contribution in [2.75, 3.05) is 11.9 Å². The Kier molecular flexibility index (Phi) is 3.28. The third kappa shape index (κ3) is 2.39. The molecule has 5 nitrogen and oxygen atoms in total. The average Bonchev–Trinajstić information content (AvgIpc) is 2.62. The highest BCUT2D eigenvalue weighted by Crippen LogP contribution is 2.17. The minimum atomic E-state index is 0.595. The van der Waals surface area contributed by atoms with Crippen LogP contribution in [0, 0.1) is 13.8 Å². The predicted molar refractivity (Wildman–Crippen MR) is 67.8 cm³/mol. The highest BCUT2D eigenvalue weighted by Gasteiger charge is 2.09. The highest BCUT2D eigenvalue weighted by atomic mass is 35.5. The molecule has 17 heavy (non-hydrogen) atoms.